The van der Waals surface area contributed by atoms with Crippen LogP contribution in [0.2, 0.25) is 5.02 Å². The van der Waals surface area contributed by atoms with Crippen molar-refractivity contribution >= 4 is 39.3 Å². The molecule has 0 spiro atoms. The van der Waals surface area contributed by atoms with Crippen LogP contribution in [0.1, 0.15) is 30.1 Å². The van der Waals surface area contributed by atoms with Gasteiger partial charge in [0, 0.05) is 37.1 Å². The summed E-state index contributed by atoms with van der Waals surface area (Å²) in [5.41, 5.74) is 0.501. The molecule has 1 aliphatic heterocycles. The number of carbonyl (C=O) groups excluding carboxylic acids is 2. The van der Waals surface area contributed by atoms with E-state index in [1.165, 1.54) is 0 Å². The third kappa shape index (κ3) is 3.98. The molecule has 0 atom stereocenters. The molecule has 0 aromatic heterocycles. The van der Waals surface area contributed by atoms with Crippen molar-refractivity contribution in [1.82, 2.24) is 9.80 Å². The Morgan fingerprint density at radius 3 is 2.57 bits per heavy atom. The van der Waals surface area contributed by atoms with Crippen molar-refractivity contribution in [2.75, 3.05) is 26.2 Å². The first-order valence-electron chi connectivity index (χ1n) is 7.05. The van der Waals surface area contributed by atoms with Gasteiger partial charge >= 0.3 is 0 Å². The SMILES string of the molecule is CCC(=O)N1CCCN(C(=O)c2cc(Br)ccc2Cl)CC1. The zero-order valence-corrected chi connectivity index (χ0v) is 14.3. The fraction of sp³-hybridized carbons (Fsp3) is 0.467. The number of nitrogens with zero attached hydrogens (tertiary/aromatic N) is 2. The zero-order valence-electron chi connectivity index (χ0n) is 11.9. The number of carbonyl (C=O) groups is 2. The lowest BCUT2D eigenvalue weighted by atomic mass is 10.2. The highest BCUT2D eigenvalue weighted by Crippen LogP contribution is 2.23. The number of halogens is 2. The molecule has 0 unspecified atom stereocenters. The molecule has 0 saturated carbocycles. The molecule has 6 heteroatoms. The summed E-state index contributed by atoms with van der Waals surface area (Å²) in [6.45, 7) is 4.35. The highest BCUT2D eigenvalue weighted by molar-refractivity contribution is 9.10. The van der Waals surface area contributed by atoms with Crippen LogP contribution in [0.5, 0.6) is 0 Å². The Hall–Kier alpha value is -1.07. The van der Waals surface area contributed by atoms with Gasteiger partial charge in [-0.3, -0.25) is 9.59 Å². The minimum absolute atomic E-state index is 0.0768. The number of amides is 2. The molecule has 2 amide bonds. The summed E-state index contributed by atoms with van der Waals surface area (Å²) in [5.74, 6) is 0.0666. The van der Waals surface area contributed by atoms with Gasteiger partial charge in [0.15, 0.2) is 0 Å². The summed E-state index contributed by atoms with van der Waals surface area (Å²) in [6, 6.07) is 5.26. The second kappa shape index (κ2) is 7.27. The normalized spacial score (nSPS) is 15.8. The molecule has 114 valence electrons. The van der Waals surface area contributed by atoms with E-state index in [9.17, 15) is 9.59 Å². The maximum absolute atomic E-state index is 12.6. The van der Waals surface area contributed by atoms with Crippen LogP contribution in [-0.4, -0.2) is 47.8 Å². The standard InChI is InChI=1S/C15H18BrClN2O2/c1-2-14(20)18-6-3-7-19(9-8-18)15(21)12-10-11(16)4-5-13(12)17/h4-5,10H,2-3,6-9H2,1H3. The number of rotatable bonds is 2. The maximum atomic E-state index is 12.6. The molecule has 1 aromatic carbocycles. The molecule has 4 nitrogen and oxygen atoms in total. The monoisotopic (exact) mass is 372 g/mol. The predicted octanol–water partition coefficient (Wildman–Crippen LogP) is 3.19. The van der Waals surface area contributed by atoms with Gasteiger partial charge in [0.25, 0.3) is 5.91 Å². The fourth-order valence-corrected chi connectivity index (χ4v) is 2.98. The van der Waals surface area contributed by atoms with Crippen molar-refractivity contribution in [3.8, 4) is 0 Å². The summed E-state index contributed by atoms with van der Waals surface area (Å²) < 4.78 is 0.827. The molecule has 1 aromatic rings. The molecule has 1 aliphatic rings. The maximum Gasteiger partial charge on any atom is 0.255 e. The summed E-state index contributed by atoms with van der Waals surface area (Å²) >= 11 is 9.48. The Morgan fingerprint density at radius 2 is 1.86 bits per heavy atom. The van der Waals surface area contributed by atoms with E-state index >= 15 is 0 Å². The van der Waals surface area contributed by atoms with E-state index in [0.29, 0.717) is 43.2 Å². The van der Waals surface area contributed by atoms with Crippen molar-refractivity contribution in [1.29, 1.82) is 0 Å². The highest BCUT2D eigenvalue weighted by Gasteiger charge is 2.23. The first-order chi connectivity index (χ1) is 10.0. The first kappa shape index (κ1) is 16.3. The smallest absolute Gasteiger partial charge is 0.255 e. The minimum Gasteiger partial charge on any atom is -0.341 e. The van der Waals surface area contributed by atoms with Gasteiger partial charge in [-0.05, 0) is 24.6 Å². The molecule has 0 bridgehead atoms. The molecular weight excluding hydrogens is 356 g/mol. The summed E-state index contributed by atoms with van der Waals surface area (Å²) in [6.07, 6.45) is 1.30. The molecule has 1 heterocycles. The van der Waals surface area contributed by atoms with Crippen molar-refractivity contribution < 1.29 is 9.59 Å². The topological polar surface area (TPSA) is 40.6 Å². The number of hydrogen-bond acceptors (Lipinski definition) is 2. The summed E-state index contributed by atoms with van der Waals surface area (Å²) in [4.78, 5) is 28.0. The second-order valence-electron chi connectivity index (χ2n) is 5.00. The van der Waals surface area contributed by atoms with Gasteiger partial charge < -0.3 is 9.80 Å². The molecule has 1 fully saturated rings. The Balaban J connectivity index is 2.10. The average molecular weight is 374 g/mol. The van der Waals surface area contributed by atoms with Gasteiger partial charge in [-0.1, -0.05) is 34.5 Å². The van der Waals surface area contributed by atoms with Gasteiger partial charge in [0.05, 0.1) is 10.6 Å². The van der Waals surface area contributed by atoms with Crippen molar-refractivity contribution in [2.45, 2.75) is 19.8 Å². The molecule has 1 saturated heterocycles. The van der Waals surface area contributed by atoms with E-state index in [-0.39, 0.29) is 11.8 Å². The van der Waals surface area contributed by atoms with Crippen LogP contribution >= 0.6 is 27.5 Å². The summed E-state index contributed by atoms with van der Waals surface area (Å²) in [5, 5.41) is 0.453. The van der Waals surface area contributed by atoms with Crippen molar-refractivity contribution in [3.05, 3.63) is 33.3 Å². The Labute approximate surface area is 138 Å². The van der Waals surface area contributed by atoms with Gasteiger partial charge in [-0.25, -0.2) is 0 Å². The Morgan fingerprint density at radius 1 is 1.19 bits per heavy atom. The second-order valence-corrected chi connectivity index (χ2v) is 6.33. The molecule has 0 aliphatic carbocycles. The van der Waals surface area contributed by atoms with Crippen molar-refractivity contribution in [2.24, 2.45) is 0 Å². The lowest BCUT2D eigenvalue weighted by Gasteiger charge is -2.22. The molecule has 0 N–H and O–H groups in total. The van der Waals surface area contributed by atoms with Crippen LogP contribution in [0.25, 0.3) is 0 Å². The predicted molar refractivity (Wildman–Crippen MR) is 86.5 cm³/mol. The van der Waals surface area contributed by atoms with E-state index < -0.39 is 0 Å². The van der Waals surface area contributed by atoms with Crippen molar-refractivity contribution in [3.63, 3.8) is 0 Å². The van der Waals surface area contributed by atoms with E-state index in [1.807, 2.05) is 17.9 Å². The van der Waals surface area contributed by atoms with Gasteiger partial charge in [0.2, 0.25) is 5.91 Å². The highest BCUT2D eigenvalue weighted by atomic mass is 79.9. The van der Waals surface area contributed by atoms with E-state index in [1.54, 1.807) is 17.0 Å². The molecule has 2 rings (SSSR count). The van der Waals surface area contributed by atoms with E-state index in [2.05, 4.69) is 15.9 Å². The van der Waals surface area contributed by atoms with Crippen LogP contribution in [0, 0.1) is 0 Å². The first-order valence-corrected chi connectivity index (χ1v) is 8.22. The largest absolute Gasteiger partial charge is 0.341 e. The quantitative estimate of drug-likeness (QED) is 0.799. The van der Waals surface area contributed by atoms with Crippen LogP contribution in [-0.2, 0) is 4.79 Å². The van der Waals surface area contributed by atoms with Crippen LogP contribution < -0.4 is 0 Å². The molecule has 0 radical (unpaired) electrons. The molecular formula is C15H18BrClN2O2. The lowest BCUT2D eigenvalue weighted by Crippen LogP contribution is -2.37. The van der Waals surface area contributed by atoms with Crippen LogP contribution in [0.3, 0.4) is 0 Å². The third-order valence-corrected chi connectivity index (χ3v) is 4.42. The summed E-state index contributed by atoms with van der Waals surface area (Å²) in [7, 11) is 0. The van der Waals surface area contributed by atoms with E-state index in [0.717, 1.165) is 10.9 Å². The van der Waals surface area contributed by atoms with Gasteiger partial charge in [-0.15, -0.1) is 0 Å². The number of hydrogen-bond donors (Lipinski definition) is 0. The zero-order chi connectivity index (χ0) is 15.4. The van der Waals surface area contributed by atoms with Gasteiger partial charge in [0.1, 0.15) is 0 Å². The van der Waals surface area contributed by atoms with Crippen LogP contribution in [0.4, 0.5) is 0 Å². The van der Waals surface area contributed by atoms with E-state index in [4.69, 9.17) is 11.6 Å². The molecule has 21 heavy (non-hydrogen) atoms. The van der Waals surface area contributed by atoms with Gasteiger partial charge in [-0.2, -0.15) is 0 Å². The Kier molecular flexibility index (Phi) is 5.65. The van der Waals surface area contributed by atoms with Crippen LogP contribution in [0.15, 0.2) is 22.7 Å². The average Bonchev–Trinajstić information content (AvgIpc) is 2.74. The fourth-order valence-electron chi connectivity index (χ4n) is 2.43. The minimum atomic E-state index is -0.0768. The third-order valence-electron chi connectivity index (χ3n) is 3.60. The lowest BCUT2D eigenvalue weighted by molar-refractivity contribution is -0.130. The number of benzene rings is 1. The Bertz CT molecular complexity index is 550.